The number of ether oxygens (including phenoxy) is 3. The second kappa shape index (κ2) is 9.62. The molecule has 0 amide bonds. The fourth-order valence-corrected chi connectivity index (χ4v) is 2.56. The maximum atomic E-state index is 5.90. The van der Waals surface area contributed by atoms with Gasteiger partial charge < -0.3 is 19.5 Å². The lowest BCUT2D eigenvalue weighted by Crippen LogP contribution is -2.05. The van der Waals surface area contributed by atoms with Crippen molar-refractivity contribution in [2.24, 2.45) is 0 Å². The molecule has 0 aliphatic rings. The molecule has 2 aromatic carbocycles. The van der Waals surface area contributed by atoms with E-state index in [2.05, 4.69) is 24.9 Å². The van der Waals surface area contributed by atoms with Crippen LogP contribution in [0, 0.1) is 0 Å². The maximum Gasteiger partial charge on any atom is 0.164 e. The standard InChI is InChI=1S/C21H27NO3/c1-5-7-17-13-16(14-20(24-4)21(17)25-12-6-2)15-22-18-8-10-19(23-3)11-9-18/h5,8-11,13-14,22H,1,6-7,12,15H2,2-4H3. The number of allylic oxidation sites excluding steroid dienone is 1. The van der Waals surface area contributed by atoms with Crippen LogP contribution in [0.1, 0.15) is 24.5 Å². The number of rotatable bonds is 10. The molecule has 0 saturated carbocycles. The average Bonchev–Trinajstić information content (AvgIpc) is 2.65. The number of hydrogen-bond acceptors (Lipinski definition) is 4. The SMILES string of the molecule is C=CCc1cc(CNc2ccc(OC)cc2)cc(OC)c1OCCC. The van der Waals surface area contributed by atoms with E-state index in [-0.39, 0.29) is 0 Å². The van der Waals surface area contributed by atoms with Crippen molar-refractivity contribution < 1.29 is 14.2 Å². The number of anilines is 1. The Bertz CT molecular complexity index is 680. The molecule has 0 aliphatic carbocycles. The molecule has 25 heavy (non-hydrogen) atoms. The van der Waals surface area contributed by atoms with Crippen molar-refractivity contribution in [1.29, 1.82) is 0 Å². The van der Waals surface area contributed by atoms with E-state index < -0.39 is 0 Å². The summed E-state index contributed by atoms with van der Waals surface area (Å²) in [5.41, 5.74) is 3.26. The van der Waals surface area contributed by atoms with E-state index in [0.717, 1.165) is 46.9 Å². The van der Waals surface area contributed by atoms with E-state index in [9.17, 15) is 0 Å². The topological polar surface area (TPSA) is 39.7 Å². The monoisotopic (exact) mass is 341 g/mol. The fourth-order valence-electron chi connectivity index (χ4n) is 2.56. The van der Waals surface area contributed by atoms with E-state index in [0.29, 0.717) is 13.2 Å². The Labute approximate surface area is 150 Å². The summed E-state index contributed by atoms with van der Waals surface area (Å²) in [6, 6.07) is 12.0. The first-order valence-electron chi connectivity index (χ1n) is 8.53. The highest BCUT2D eigenvalue weighted by molar-refractivity contribution is 5.52. The van der Waals surface area contributed by atoms with Crippen LogP contribution in [0.4, 0.5) is 5.69 Å². The zero-order valence-electron chi connectivity index (χ0n) is 15.3. The molecule has 2 aromatic rings. The van der Waals surface area contributed by atoms with Gasteiger partial charge >= 0.3 is 0 Å². The van der Waals surface area contributed by atoms with Crippen LogP contribution in [0.3, 0.4) is 0 Å². The van der Waals surface area contributed by atoms with Gasteiger partial charge in [-0.1, -0.05) is 13.0 Å². The number of methoxy groups -OCH3 is 2. The third-order valence-electron chi connectivity index (χ3n) is 3.81. The molecule has 0 radical (unpaired) electrons. The van der Waals surface area contributed by atoms with Gasteiger partial charge in [0.25, 0.3) is 0 Å². The third kappa shape index (κ3) is 5.18. The molecule has 0 atom stereocenters. The molecule has 1 N–H and O–H groups in total. The summed E-state index contributed by atoms with van der Waals surface area (Å²) in [7, 11) is 3.34. The first kappa shape index (κ1) is 18.7. The van der Waals surface area contributed by atoms with Crippen molar-refractivity contribution in [3.05, 3.63) is 60.2 Å². The number of benzene rings is 2. The van der Waals surface area contributed by atoms with Crippen LogP contribution in [0.15, 0.2) is 49.1 Å². The van der Waals surface area contributed by atoms with Crippen LogP contribution in [-0.2, 0) is 13.0 Å². The molecule has 0 unspecified atom stereocenters. The predicted octanol–water partition coefficient (Wildman–Crippen LogP) is 4.83. The summed E-state index contributed by atoms with van der Waals surface area (Å²) >= 11 is 0. The first-order valence-corrected chi connectivity index (χ1v) is 8.53. The lowest BCUT2D eigenvalue weighted by molar-refractivity contribution is 0.291. The second-order valence-electron chi connectivity index (χ2n) is 5.71. The Morgan fingerprint density at radius 2 is 1.84 bits per heavy atom. The van der Waals surface area contributed by atoms with Crippen molar-refractivity contribution in [2.45, 2.75) is 26.3 Å². The van der Waals surface area contributed by atoms with Crippen molar-refractivity contribution in [1.82, 2.24) is 0 Å². The highest BCUT2D eigenvalue weighted by Crippen LogP contribution is 2.34. The van der Waals surface area contributed by atoms with Gasteiger partial charge in [-0.15, -0.1) is 6.58 Å². The molecule has 0 bridgehead atoms. The molecule has 2 rings (SSSR count). The van der Waals surface area contributed by atoms with Gasteiger partial charge in [0, 0.05) is 17.8 Å². The lowest BCUT2D eigenvalue weighted by atomic mass is 10.1. The molecule has 0 aromatic heterocycles. The second-order valence-corrected chi connectivity index (χ2v) is 5.71. The number of hydrogen-bond donors (Lipinski definition) is 1. The van der Waals surface area contributed by atoms with E-state index in [1.807, 2.05) is 36.4 Å². The van der Waals surface area contributed by atoms with Gasteiger partial charge in [0.05, 0.1) is 20.8 Å². The van der Waals surface area contributed by atoms with Crippen molar-refractivity contribution in [3.8, 4) is 17.2 Å². The van der Waals surface area contributed by atoms with Crippen LogP contribution < -0.4 is 19.5 Å². The summed E-state index contributed by atoms with van der Waals surface area (Å²) in [4.78, 5) is 0. The molecule has 4 heteroatoms. The Hall–Kier alpha value is -2.62. The first-order chi connectivity index (χ1) is 12.2. The van der Waals surface area contributed by atoms with Gasteiger partial charge in [-0.3, -0.25) is 0 Å². The number of nitrogens with one attached hydrogen (secondary N) is 1. The van der Waals surface area contributed by atoms with Gasteiger partial charge in [-0.05, 0) is 54.8 Å². The predicted molar refractivity (Wildman–Crippen MR) is 103 cm³/mol. The van der Waals surface area contributed by atoms with Crippen LogP contribution in [0.5, 0.6) is 17.2 Å². The lowest BCUT2D eigenvalue weighted by Gasteiger charge is -2.17. The van der Waals surface area contributed by atoms with E-state index in [1.165, 1.54) is 0 Å². The van der Waals surface area contributed by atoms with Crippen molar-refractivity contribution >= 4 is 5.69 Å². The summed E-state index contributed by atoms with van der Waals surface area (Å²) in [6.07, 6.45) is 3.58. The quantitative estimate of drug-likeness (QED) is 0.628. The molecule has 0 spiro atoms. The molecular weight excluding hydrogens is 314 g/mol. The molecule has 134 valence electrons. The maximum absolute atomic E-state index is 5.90. The van der Waals surface area contributed by atoms with Crippen LogP contribution in [-0.4, -0.2) is 20.8 Å². The van der Waals surface area contributed by atoms with Crippen molar-refractivity contribution in [3.63, 3.8) is 0 Å². The van der Waals surface area contributed by atoms with Gasteiger partial charge in [0.2, 0.25) is 0 Å². The van der Waals surface area contributed by atoms with Gasteiger partial charge in [-0.25, -0.2) is 0 Å². The Morgan fingerprint density at radius 1 is 1.08 bits per heavy atom. The Balaban J connectivity index is 2.18. The fraction of sp³-hybridized carbons (Fsp3) is 0.333. The van der Waals surface area contributed by atoms with Crippen LogP contribution in [0.2, 0.25) is 0 Å². The summed E-state index contributed by atoms with van der Waals surface area (Å²) in [6.45, 7) is 7.30. The summed E-state index contributed by atoms with van der Waals surface area (Å²) in [5.74, 6) is 2.43. The molecule has 0 saturated heterocycles. The van der Waals surface area contributed by atoms with E-state index in [1.54, 1.807) is 14.2 Å². The van der Waals surface area contributed by atoms with Gasteiger partial charge in [0.15, 0.2) is 11.5 Å². The highest BCUT2D eigenvalue weighted by atomic mass is 16.5. The molecule has 0 fully saturated rings. The molecular formula is C21H27NO3. The van der Waals surface area contributed by atoms with E-state index in [4.69, 9.17) is 14.2 Å². The minimum Gasteiger partial charge on any atom is -0.497 e. The Kier molecular flexibility index (Phi) is 7.20. The minimum absolute atomic E-state index is 0.671. The van der Waals surface area contributed by atoms with Gasteiger partial charge in [0.1, 0.15) is 5.75 Å². The summed E-state index contributed by atoms with van der Waals surface area (Å²) in [5, 5.41) is 3.42. The zero-order valence-corrected chi connectivity index (χ0v) is 15.3. The largest absolute Gasteiger partial charge is 0.497 e. The average molecular weight is 341 g/mol. The van der Waals surface area contributed by atoms with E-state index >= 15 is 0 Å². The zero-order chi connectivity index (χ0) is 18.1. The smallest absolute Gasteiger partial charge is 0.164 e. The van der Waals surface area contributed by atoms with Crippen LogP contribution >= 0.6 is 0 Å². The highest BCUT2D eigenvalue weighted by Gasteiger charge is 2.12. The van der Waals surface area contributed by atoms with Crippen LogP contribution in [0.25, 0.3) is 0 Å². The third-order valence-corrected chi connectivity index (χ3v) is 3.81. The molecule has 0 heterocycles. The molecule has 0 aliphatic heterocycles. The minimum atomic E-state index is 0.671. The molecule has 4 nitrogen and oxygen atoms in total. The summed E-state index contributed by atoms with van der Waals surface area (Å²) < 4.78 is 16.6. The van der Waals surface area contributed by atoms with Crippen molar-refractivity contribution in [2.75, 3.05) is 26.1 Å². The van der Waals surface area contributed by atoms with Gasteiger partial charge in [-0.2, -0.15) is 0 Å². The normalized spacial score (nSPS) is 10.2. The Morgan fingerprint density at radius 3 is 2.44 bits per heavy atom.